The number of nitrogens with zero attached hydrogens (tertiary/aromatic N) is 7. The molecule has 3 aromatic heterocycles. The summed E-state index contributed by atoms with van der Waals surface area (Å²) in [6, 6.07) is 5.88. The molecular weight excluding hydrogens is 318 g/mol. The molecule has 0 saturated heterocycles. The molecule has 0 aliphatic rings. The van der Waals surface area contributed by atoms with Crippen LogP contribution in [0.5, 0.6) is 0 Å². The first-order valence-electron chi connectivity index (χ1n) is 8.41. The van der Waals surface area contributed by atoms with Gasteiger partial charge in [-0.1, -0.05) is 13.0 Å². The Bertz CT molecular complexity index is 833. The van der Waals surface area contributed by atoms with Crippen LogP contribution in [-0.2, 0) is 19.4 Å². The summed E-state index contributed by atoms with van der Waals surface area (Å²) in [5.41, 5.74) is 0.862. The van der Waals surface area contributed by atoms with Gasteiger partial charge in [0.05, 0.1) is 0 Å². The Morgan fingerprint density at radius 2 is 2.00 bits per heavy atom. The first kappa shape index (κ1) is 16.9. The molecule has 9 nitrogen and oxygen atoms in total. The normalized spacial score (nSPS) is 11.8. The highest BCUT2D eigenvalue weighted by Gasteiger charge is 2.05. The molecule has 0 aromatic carbocycles. The quantitative estimate of drug-likeness (QED) is 0.474. The number of aromatic nitrogens is 6. The molecule has 0 fully saturated rings. The van der Waals surface area contributed by atoms with E-state index in [9.17, 15) is 0 Å². The van der Waals surface area contributed by atoms with Crippen molar-refractivity contribution in [1.82, 2.24) is 40.0 Å². The van der Waals surface area contributed by atoms with Crippen LogP contribution in [0.2, 0.25) is 0 Å². The fourth-order valence-electron chi connectivity index (χ4n) is 2.61. The maximum absolute atomic E-state index is 4.24. The number of pyridine rings is 1. The Morgan fingerprint density at radius 3 is 2.84 bits per heavy atom. The Balaban J connectivity index is 1.45. The summed E-state index contributed by atoms with van der Waals surface area (Å²) in [4.78, 5) is 4.24. The van der Waals surface area contributed by atoms with Gasteiger partial charge in [-0.25, -0.2) is 0 Å². The van der Waals surface area contributed by atoms with E-state index in [1.807, 2.05) is 33.4 Å². The van der Waals surface area contributed by atoms with Crippen molar-refractivity contribution in [3.8, 4) is 0 Å². The van der Waals surface area contributed by atoms with E-state index in [0.29, 0.717) is 0 Å². The first-order valence-corrected chi connectivity index (χ1v) is 8.41. The minimum Gasteiger partial charge on any atom is -0.356 e. The van der Waals surface area contributed by atoms with E-state index in [2.05, 4.69) is 42.9 Å². The lowest BCUT2D eigenvalue weighted by molar-refractivity contribution is 0.631. The predicted molar refractivity (Wildman–Crippen MR) is 95.5 cm³/mol. The molecule has 3 rings (SSSR count). The van der Waals surface area contributed by atoms with Gasteiger partial charge in [-0.15, -0.1) is 20.4 Å². The number of rotatable bonds is 7. The number of hydrogen-bond acceptors (Lipinski definition) is 5. The van der Waals surface area contributed by atoms with Crippen molar-refractivity contribution in [3.63, 3.8) is 0 Å². The van der Waals surface area contributed by atoms with Crippen molar-refractivity contribution < 1.29 is 0 Å². The molecule has 3 aromatic rings. The smallest absolute Gasteiger partial charge is 0.191 e. The van der Waals surface area contributed by atoms with Gasteiger partial charge >= 0.3 is 0 Å². The Morgan fingerprint density at radius 1 is 1.12 bits per heavy atom. The molecule has 0 bridgehead atoms. The van der Waals surface area contributed by atoms with Crippen LogP contribution < -0.4 is 10.6 Å². The van der Waals surface area contributed by atoms with Crippen molar-refractivity contribution in [1.29, 1.82) is 0 Å². The van der Waals surface area contributed by atoms with Crippen LogP contribution in [0.15, 0.2) is 35.7 Å². The molecule has 0 unspecified atom stereocenters. The maximum Gasteiger partial charge on any atom is 0.191 e. The highest BCUT2D eigenvalue weighted by Crippen LogP contribution is 2.02. The third-order valence-corrected chi connectivity index (χ3v) is 3.91. The number of aliphatic imine (C=N–C) groups is 1. The third-order valence-electron chi connectivity index (χ3n) is 3.91. The molecule has 0 spiro atoms. The first-order chi connectivity index (χ1) is 12.3. The zero-order chi connectivity index (χ0) is 17.5. The molecule has 9 heteroatoms. The van der Waals surface area contributed by atoms with Gasteiger partial charge in [-0.2, -0.15) is 0 Å². The van der Waals surface area contributed by atoms with Crippen LogP contribution in [0.4, 0.5) is 0 Å². The minimum absolute atomic E-state index is 0.724. The van der Waals surface area contributed by atoms with E-state index in [0.717, 1.165) is 55.7 Å². The van der Waals surface area contributed by atoms with Gasteiger partial charge in [-0.05, 0) is 12.1 Å². The lowest BCUT2D eigenvalue weighted by Crippen LogP contribution is -2.39. The Kier molecular flexibility index (Phi) is 5.55. The predicted octanol–water partition coefficient (Wildman–Crippen LogP) is 0.291. The number of nitrogens with one attached hydrogen (secondary N) is 2. The van der Waals surface area contributed by atoms with Crippen LogP contribution in [0, 0.1) is 0 Å². The highest BCUT2D eigenvalue weighted by molar-refractivity contribution is 5.79. The summed E-state index contributed by atoms with van der Waals surface area (Å²) < 4.78 is 4.04. The number of guanidine groups is 1. The van der Waals surface area contributed by atoms with Crippen LogP contribution in [0.25, 0.3) is 5.65 Å². The summed E-state index contributed by atoms with van der Waals surface area (Å²) in [7, 11) is 1.76. The molecule has 0 aliphatic carbocycles. The maximum atomic E-state index is 4.24. The third kappa shape index (κ3) is 4.11. The van der Waals surface area contributed by atoms with Gasteiger partial charge in [0, 0.05) is 45.7 Å². The van der Waals surface area contributed by atoms with Gasteiger partial charge in [0.2, 0.25) is 0 Å². The van der Waals surface area contributed by atoms with Gasteiger partial charge in [0.1, 0.15) is 18.0 Å². The molecular formula is C16H23N9. The van der Waals surface area contributed by atoms with E-state index in [1.54, 1.807) is 13.4 Å². The molecule has 25 heavy (non-hydrogen) atoms. The van der Waals surface area contributed by atoms with E-state index in [-0.39, 0.29) is 0 Å². The van der Waals surface area contributed by atoms with Crippen molar-refractivity contribution in [2.24, 2.45) is 4.99 Å². The average Bonchev–Trinajstić information content (AvgIpc) is 3.27. The van der Waals surface area contributed by atoms with Crippen LogP contribution >= 0.6 is 0 Å². The number of fused-ring (bicyclic) bond motifs is 1. The van der Waals surface area contributed by atoms with Gasteiger partial charge in [0.15, 0.2) is 11.6 Å². The molecule has 0 saturated carbocycles. The summed E-state index contributed by atoms with van der Waals surface area (Å²) in [6.07, 6.45) is 5.37. The lowest BCUT2D eigenvalue weighted by atomic mass is 10.4. The van der Waals surface area contributed by atoms with Gasteiger partial charge in [-0.3, -0.25) is 9.39 Å². The van der Waals surface area contributed by atoms with E-state index >= 15 is 0 Å². The zero-order valence-electron chi connectivity index (χ0n) is 14.6. The SMILES string of the molecule is CCc1nncn1CCNC(=NC)NCCc1nnc2ccccn12. The van der Waals surface area contributed by atoms with Gasteiger partial charge < -0.3 is 15.2 Å². The summed E-state index contributed by atoms with van der Waals surface area (Å²) in [5, 5.41) is 23.0. The van der Waals surface area contributed by atoms with Crippen LogP contribution in [-0.4, -0.2) is 55.5 Å². The molecule has 0 atom stereocenters. The highest BCUT2D eigenvalue weighted by atomic mass is 15.3. The second kappa shape index (κ2) is 8.22. The average molecular weight is 341 g/mol. The lowest BCUT2D eigenvalue weighted by Gasteiger charge is -2.12. The molecule has 3 heterocycles. The second-order valence-corrected chi connectivity index (χ2v) is 5.51. The van der Waals surface area contributed by atoms with Crippen LogP contribution in [0.1, 0.15) is 18.6 Å². The summed E-state index contributed by atoms with van der Waals surface area (Å²) in [6.45, 7) is 4.34. The number of aryl methyl sites for hydroxylation is 1. The van der Waals surface area contributed by atoms with Crippen molar-refractivity contribution >= 4 is 11.6 Å². The largest absolute Gasteiger partial charge is 0.356 e. The summed E-state index contributed by atoms with van der Waals surface area (Å²) in [5.74, 6) is 2.68. The molecule has 0 amide bonds. The zero-order valence-corrected chi connectivity index (χ0v) is 14.6. The van der Waals surface area contributed by atoms with Gasteiger partial charge in [0.25, 0.3) is 0 Å². The van der Waals surface area contributed by atoms with Crippen molar-refractivity contribution in [2.75, 3.05) is 20.1 Å². The fourth-order valence-corrected chi connectivity index (χ4v) is 2.61. The van der Waals surface area contributed by atoms with Crippen molar-refractivity contribution in [2.45, 2.75) is 26.3 Å². The Labute approximate surface area is 146 Å². The van der Waals surface area contributed by atoms with E-state index in [4.69, 9.17) is 0 Å². The molecule has 0 aliphatic heterocycles. The number of hydrogen-bond donors (Lipinski definition) is 2. The minimum atomic E-state index is 0.724. The fraction of sp³-hybridized carbons (Fsp3) is 0.438. The van der Waals surface area contributed by atoms with E-state index < -0.39 is 0 Å². The Hall–Kier alpha value is -2.97. The van der Waals surface area contributed by atoms with Crippen LogP contribution in [0.3, 0.4) is 0 Å². The second-order valence-electron chi connectivity index (χ2n) is 5.51. The summed E-state index contributed by atoms with van der Waals surface area (Å²) >= 11 is 0. The molecule has 0 radical (unpaired) electrons. The molecule has 2 N–H and O–H groups in total. The van der Waals surface area contributed by atoms with Crippen molar-refractivity contribution in [3.05, 3.63) is 42.4 Å². The standard InChI is InChI=1S/C16H23N9/c1-3-13-21-20-12-24(13)11-9-19-16(17-2)18-8-7-15-23-22-14-6-4-5-10-25(14)15/h4-6,10,12H,3,7-9,11H2,1-2H3,(H2,17,18,19). The topological polar surface area (TPSA) is 97.3 Å². The molecule has 132 valence electrons. The van der Waals surface area contributed by atoms with E-state index in [1.165, 1.54) is 0 Å². The monoisotopic (exact) mass is 341 g/mol.